The Labute approximate surface area is 175 Å². The predicted octanol–water partition coefficient (Wildman–Crippen LogP) is 3.10. The molecule has 0 aliphatic rings. The molecule has 0 aliphatic carbocycles. The summed E-state index contributed by atoms with van der Waals surface area (Å²) < 4.78 is 2.12. The summed E-state index contributed by atoms with van der Waals surface area (Å²) in [4.78, 5) is 9.20. The molecule has 2 aromatic heterocycles. The van der Waals surface area contributed by atoms with Gasteiger partial charge in [-0.05, 0) is 32.5 Å². The van der Waals surface area contributed by atoms with Crippen molar-refractivity contribution in [2.45, 2.75) is 32.0 Å². The number of halogens is 2. The van der Waals surface area contributed by atoms with E-state index >= 15 is 0 Å². The Morgan fingerprint density at radius 1 is 1.15 bits per heavy atom. The lowest BCUT2D eigenvalue weighted by molar-refractivity contribution is 0.662. The highest BCUT2D eigenvalue weighted by molar-refractivity contribution is 7.99. The van der Waals surface area contributed by atoms with E-state index in [1.165, 1.54) is 0 Å². The topological polar surface area (TPSA) is 94.5 Å². The van der Waals surface area contributed by atoms with Gasteiger partial charge in [-0.2, -0.15) is 0 Å². The van der Waals surface area contributed by atoms with Gasteiger partial charge >= 0.3 is 0 Å². The van der Waals surface area contributed by atoms with Crippen molar-refractivity contribution in [3.8, 4) is 0 Å². The quantitative estimate of drug-likeness (QED) is 0.419. The first-order valence-electron chi connectivity index (χ1n) is 8.45. The zero-order valence-corrected chi connectivity index (χ0v) is 17.8. The molecule has 0 saturated carbocycles. The first-order valence-corrected chi connectivity index (χ1v) is 9.43. The highest BCUT2D eigenvalue weighted by Gasteiger charge is 2.09. The van der Waals surface area contributed by atoms with Gasteiger partial charge in [0.15, 0.2) is 5.16 Å². The monoisotopic (exact) mass is 429 g/mol. The Bertz CT molecular complexity index is 856. The SMILES string of the molecule is CCn1c(C)nnc1SCCNc1nc(CCN)nc2ccccc12.Cl.Cl. The highest BCUT2D eigenvalue weighted by Crippen LogP contribution is 2.21. The van der Waals surface area contributed by atoms with Gasteiger partial charge < -0.3 is 15.6 Å². The van der Waals surface area contributed by atoms with E-state index in [0.717, 1.165) is 52.4 Å². The average Bonchev–Trinajstić information content (AvgIpc) is 2.98. The maximum atomic E-state index is 5.65. The first kappa shape index (κ1) is 23.4. The van der Waals surface area contributed by atoms with Crippen molar-refractivity contribution in [3.63, 3.8) is 0 Å². The number of aromatic nitrogens is 5. The summed E-state index contributed by atoms with van der Waals surface area (Å²) in [5, 5.41) is 13.8. The molecule has 0 atom stereocenters. The van der Waals surface area contributed by atoms with E-state index in [4.69, 9.17) is 5.73 Å². The number of hydrogen-bond acceptors (Lipinski definition) is 7. The normalized spacial score (nSPS) is 10.3. The van der Waals surface area contributed by atoms with Gasteiger partial charge in [-0.25, -0.2) is 9.97 Å². The van der Waals surface area contributed by atoms with Gasteiger partial charge in [-0.3, -0.25) is 0 Å². The molecule has 0 saturated heterocycles. The van der Waals surface area contributed by atoms with E-state index in [1.807, 2.05) is 31.2 Å². The first-order chi connectivity index (χ1) is 12.2. The predicted molar refractivity (Wildman–Crippen MR) is 116 cm³/mol. The summed E-state index contributed by atoms with van der Waals surface area (Å²) in [6, 6.07) is 8.03. The molecule has 2 heterocycles. The molecule has 3 N–H and O–H groups in total. The molecule has 3 aromatic rings. The second-order valence-electron chi connectivity index (χ2n) is 5.59. The number of rotatable bonds is 8. The van der Waals surface area contributed by atoms with Crippen molar-refractivity contribution in [2.24, 2.45) is 5.73 Å². The minimum atomic E-state index is 0. The van der Waals surface area contributed by atoms with Crippen molar-refractivity contribution >= 4 is 53.3 Å². The van der Waals surface area contributed by atoms with Crippen molar-refractivity contribution in [1.82, 2.24) is 24.7 Å². The summed E-state index contributed by atoms with van der Waals surface area (Å²) in [6.45, 7) is 6.28. The maximum absolute atomic E-state index is 5.65. The number of anilines is 1. The van der Waals surface area contributed by atoms with Gasteiger partial charge in [0.05, 0.1) is 5.52 Å². The Balaban J connectivity index is 0.00000182. The minimum Gasteiger partial charge on any atom is -0.369 e. The third-order valence-electron chi connectivity index (χ3n) is 3.86. The molecule has 0 spiro atoms. The molecule has 3 rings (SSSR count). The fraction of sp³-hybridized carbons (Fsp3) is 0.412. The van der Waals surface area contributed by atoms with E-state index < -0.39 is 0 Å². The van der Waals surface area contributed by atoms with E-state index in [9.17, 15) is 0 Å². The fourth-order valence-corrected chi connectivity index (χ4v) is 3.55. The lowest BCUT2D eigenvalue weighted by Gasteiger charge is -2.10. The number of nitrogens with zero attached hydrogens (tertiary/aromatic N) is 5. The van der Waals surface area contributed by atoms with Crippen molar-refractivity contribution in [2.75, 3.05) is 24.2 Å². The standard InChI is InChI=1S/C17H23N7S.2ClH/c1-3-24-12(2)22-23-17(24)25-11-10-19-16-13-6-4-5-7-14(13)20-15(21-16)8-9-18;;/h4-7H,3,8-11,18H2,1-2H3,(H,19,20,21);2*1H. The molecule has 0 bridgehead atoms. The summed E-state index contributed by atoms with van der Waals surface area (Å²) in [6.07, 6.45) is 0.674. The number of hydrogen-bond donors (Lipinski definition) is 2. The molecule has 0 radical (unpaired) electrons. The Kier molecular flexibility index (Phi) is 9.79. The van der Waals surface area contributed by atoms with Gasteiger partial charge in [0.1, 0.15) is 17.5 Å². The Morgan fingerprint density at radius 2 is 1.93 bits per heavy atom. The van der Waals surface area contributed by atoms with Crippen LogP contribution in [0.4, 0.5) is 5.82 Å². The van der Waals surface area contributed by atoms with Crippen LogP contribution >= 0.6 is 36.6 Å². The van der Waals surface area contributed by atoms with Crippen LogP contribution in [0.2, 0.25) is 0 Å². The number of nitrogens with two attached hydrogens (primary N) is 1. The molecule has 27 heavy (non-hydrogen) atoms. The van der Waals surface area contributed by atoms with Gasteiger partial charge in [0, 0.05) is 30.6 Å². The number of thioether (sulfide) groups is 1. The molecule has 0 unspecified atom stereocenters. The summed E-state index contributed by atoms with van der Waals surface area (Å²) >= 11 is 1.70. The van der Waals surface area contributed by atoms with Crippen LogP contribution < -0.4 is 11.1 Å². The number of aryl methyl sites for hydroxylation is 1. The Morgan fingerprint density at radius 3 is 2.67 bits per heavy atom. The smallest absolute Gasteiger partial charge is 0.191 e. The average molecular weight is 430 g/mol. The molecular formula is C17H25Cl2N7S. The van der Waals surface area contributed by atoms with Crippen LogP contribution in [-0.2, 0) is 13.0 Å². The molecule has 10 heteroatoms. The minimum absolute atomic E-state index is 0. The van der Waals surface area contributed by atoms with Gasteiger partial charge in [0.2, 0.25) is 0 Å². The van der Waals surface area contributed by atoms with Crippen LogP contribution in [0, 0.1) is 6.92 Å². The van der Waals surface area contributed by atoms with E-state index in [2.05, 4.69) is 37.0 Å². The van der Waals surface area contributed by atoms with Gasteiger partial charge in [-0.15, -0.1) is 35.0 Å². The number of benzene rings is 1. The molecule has 0 amide bonds. The van der Waals surface area contributed by atoms with Crippen molar-refractivity contribution < 1.29 is 0 Å². The van der Waals surface area contributed by atoms with Crippen molar-refractivity contribution in [3.05, 3.63) is 35.9 Å². The van der Waals surface area contributed by atoms with Crippen LogP contribution in [0.15, 0.2) is 29.4 Å². The molecule has 0 fully saturated rings. The maximum Gasteiger partial charge on any atom is 0.191 e. The third kappa shape index (κ3) is 5.68. The summed E-state index contributed by atoms with van der Waals surface area (Å²) in [5.74, 6) is 3.47. The third-order valence-corrected chi connectivity index (χ3v) is 4.83. The lowest BCUT2D eigenvalue weighted by Crippen LogP contribution is -2.11. The van der Waals surface area contributed by atoms with E-state index in [0.29, 0.717) is 13.0 Å². The molecular weight excluding hydrogens is 405 g/mol. The van der Waals surface area contributed by atoms with Gasteiger partial charge in [0.25, 0.3) is 0 Å². The number of nitrogens with one attached hydrogen (secondary N) is 1. The van der Waals surface area contributed by atoms with Crippen molar-refractivity contribution in [1.29, 1.82) is 0 Å². The summed E-state index contributed by atoms with van der Waals surface area (Å²) in [5.41, 5.74) is 6.59. The Hall–Kier alpha value is -1.61. The van der Waals surface area contributed by atoms with Crippen LogP contribution in [0.25, 0.3) is 10.9 Å². The summed E-state index contributed by atoms with van der Waals surface area (Å²) in [7, 11) is 0. The molecule has 148 valence electrons. The zero-order valence-electron chi connectivity index (χ0n) is 15.4. The molecule has 1 aromatic carbocycles. The highest BCUT2D eigenvalue weighted by atomic mass is 35.5. The second-order valence-corrected chi connectivity index (χ2v) is 6.66. The zero-order chi connectivity index (χ0) is 17.6. The van der Waals surface area contributed by atoms with Crippen LogP contribution in [0.1, 0.15) is 18.6 Å². The second kappa shape index (κ2) is 11.3. The van der Waals surface area contributed by atoms with Crippen LogP contribution in [0.5, 0.6) is 0 Å². The largest absolute Gasteiger partial charge is 0.369 e. The number of para-hydroxylation sites is 1. The molecule has 7 nitrogen and oxygen atoms in total. The van der Waals surface area contributed by atoms with E-state index in [1.54, 1.807) is 11.8 Å². The van der Waals surface area contributed by atoms with Crippen LogP contribution in [-0.4, -0.2) is 43.6 Å². The fourth-order valence-electron chi connectivity index (χ4n) is 2.64. The van der Waals surface area contributed by atoms with Gasteiger partial charge in [-0.1, -0.05) is 23.9 Å². The molecule has 0 aliphatic heterocycles. The van der Waals surface area contributed by atoms with Crippen LogP contribution in [0.3, 0.4) is 0 Å². The van der Waals surface area contributed by atoms with E-state index in [-0.39, 0.29) is 24.8 Å². The lowest BCUT2D eigenvalue weighted by atomic mass is 10.2. The number of fused-ring (bicyclic) bond motifs is 1.